The molecule has 5 rings (SSSR count). The Balaban J connectivity index is 1.25. The molecule has 33 heavy (non-hydrogen) atoms. The number of carbonyl (C=O) groups is 2. The van der Waals surface area contributed by atoms with Gasteiger partial charge in [-0.15, -0.1) is 0 Å². The molecule has 7 heteroatoms. The Morgan fingerprint density at radius 2 is 1.42 bits per heavy atom. The third-order valence-corrected chi connectivity index (χ3v) is 6.38. The fraction of sp³-hybridized carbons (Fsp3) is 0.308. The largest absolute Gasteiger partial charge is 0.455 e. The van der Waals surface area contributed by atoms with Crippen LogP contribution in [0.5, 0.6) is 0 Å². The SMILES string of the molecule is O=C(OCC(=O)N1c2ccccc2CCc2ccccc21)C1CCN(c2ncccn2)CC1. The van der Waals surface area contributed by atoms with Crippen LogP contribution in [0.25, 0.3) is 0 Å². The van der Waals surface area contributed by atoms with Gasteiger partial charge >= 0.3 is 5.97 Å². The van der Waals surface area contributed by atoms with Crippen molar-refractivity contribution in [2.45, 2.75) is 25.7 Å². The van der Waals surface area contributed by atoms with E-state index in [2.05, 4.69) is 27.0 Å². The van der Waals surface area contributed by atoms with Crippen LogP contribution in [0.4, 0.5) is 17.3 Å². The Kier molecular flexibility index (Phi) is 6.02. The molecule has 0 bridgehead atoms. The first-order chi connectivity index (χ1) is 16.2. The highest BCUT2D eigenvalue weighted by molar-refractivity contribution is 6.03. The van der Waals surface area contributed by atoms with Crippen molar-refractivity contribution in [3.05, 3.63) is 78.1 Å². The third kappa shape index (κ3) is 4.44. The molecule has 168 valence electrons. The fourth-order valence-corrected chi connectivity index (χ4v) is 4.63. The average molecular weight is 443 g/mol. The molecule has 3 aromatic rings. The van der Waals surface area contributed by atoms with Gasteiger partial charge in [-0.2, -0.15) is 0 Å². The van der Waals surface area contributed by atoms with Crippen molar-refractivity contribution in [3.63, 3.8) is 0 Å². The van der Waals surface area contributed by atoms with Gasteiger partial charge in [0.2, 0.25) is 5.95 Å². The molecule has 0 radical (unpaired) electrons. The Bertz CT molecular complexity index is 1100. The van der Waals surface area contributed by atoms with E-state index >= 15 is 0 Å². The molecule has 0 spiro atoms. The van der Waals surface area contributed by atoms with E-state index in [1.807, 2.05) is 36.4 Å². The summed E-state index contributed by atoms with van der Waals surface area (Å²) in [5.74, 6) is -0.0897. The number of amides is 1. The average Bonchev–Trinajstić information content (AvgIpc) is 3.05. The molecular formula is C26H26N4O3. The Hall–Kier alpha value is -3.74. The van der Waals surface area contributed by atoms with Gasteiger partial charge in [-0.1, -0.05) is 36.4 Å². The number of fused-ring (bicyclic) bond motifs is 2. The molecule has 1 aromatic heterocycles. The molecule has 0 atom stereocenters. The van der Waals surface area contributed by atoms with E-state index in [0.717, 1.165) is 35.3 Å². The minimum Gasteiger partial charge on any atom is -0.455 e. The number of carbonyl (C=O) groups excluding carboxylic acids is 2. The number of para-hydroxylation sites is 2. The zero-order chi connectivity index (χ0) is 22.6. The lowest BCUT2D eigenvalue weighted by Gasteiger charge is -2.31. The summed E-state index contributed by atoms with van der Waals surface area (Å²) in [7, 11) is 0. The summed E-state index contributed by atoms with van der Waals surface area (Å²) in [5, 5.41) is 0. The van der Waals surface area contributed by atoms with Gasteiger partial charge in [-0.05, 0) is 55.0 Å². The van der Waals surface area contributed by atoms with Crippen molar-refractivity contribution >= 4 is 29.2 Å². The predicted molar refractivity (Wildman–Crippen MR) is 125 cm³/mol. The Labute approximate surface area is 193 Å². The maximum absolute atomic E-state index is 13.3. The van der Waals surface area contributed by atoms with Crippen LogP contribution in [0, 0.1) is 5.92 Å². The van der Waals surface area contributed by atoms with E-state index in [9.17, 15) is 9.59 Å². The van der Waals surface area contributed by atoms with Crippen LogP contribution < -0.4 is 9.80 Å². The van der Waals surface area contributed by atoms with E-state index in [4.69, 9.17) is 4.74 Å². The molecular weight excluding hydrogens is 416 g/mol. The number of hydrogen-bond donors (Lipinski definition) is 0. The van der Waals surface area contributed by atoms with Crippen LogP contribution in [-0.2, 0) is 27.2 Å². The summed E-state index contributed by atoms with van der Waals surface area (Å²) < 4.78 is 5.53. The monoisotopic (exact) mass is 442 g/mol. The number of anilines is 3. The summed E-state index contributed by atoms with van der Waals surface area (Å²) in [4.78, 5) is 38.4. The highest BCUT2D eigenvalue weighted by Gasteiger charge is 2.30. The number of ether oxygens (including phenoxy) is 1. The quantitative estimate of drug-likeness (QED) is 0.574. The number of hydrogen-bond acceptors (Lipinski definition) is 6. The van der Waals surface area contributed by atoms with Gasteiger partial charge in [0.15, 0.2) is 6.61 Å². The Morgan fingerprint density at radius 3 is 2.03 bits per heavy atom. The molecule has 1 fully saturated rings. The van der Waals surface area contributed by atoms with E-state index in [1.54, 1.807) is 23.4 Å². The van der Waals surface area contributed by atoms with Crippen LogP contribution in [0.3, 0.4) is 0 Å². The molecule has 0 unspecified atom stereocenters. The van der Waals surface area contributed by atoms with Gasteiger partial charge in [0.1, 0.15) is 0 Å². The van der Waals surface area contributed by atoms with E-state index in [-0.39, 0.29) is 24.4 Å². The topological polar surface area (TPSA) is 75.6 Å². The molecule has 1 amide bonds. The summed E-state index contributed by atoms with van der Waals surface area (Å²) in [5.41, 5.74) is 3.95. The lowest BCUT2D eigenvalue weighted by Crippen LogP contribution is -2.39. The van der Waals surface area contributed by atoms with Crippen LogP contribution in [0.1, 0.15) is 24.0 Å². The molecule has 1 saturated heterocycles. The highest BCUT2D eigenvalue weighted by atomic mass is 16.5. The van der Waals surface area contributed by atoms with Crippen LogP contribution in [0.2, 0.25) is 0 Å². The summed E-state index contributed by atoms with van der Waals surface area (Å²) >= 11 is 0. The second-order valence-electron chi connectivity index (χ2n) is 8.40. The van der Waals surface area contributed by atoms with E-state index in [0.29, 0.717) is 31.9 Å². The standard InChI is InChI=1S/C26H26N4O3/c31-24(18-33-25(32)21-12-16-29(17-13-21)26-27-14-5-15-28-26)30-22-8-3-1-6-19(22)10-11-20-7-2-4-9-23(20)30/h1-9,14-15,21H,10-13,16-18H2. The maximum Gasteiger partial charge on any atom is 0.309 e. The summed E-state index contributed by atoms with van der Waals surface area (Å²) in [6.07, 6.45) is 6.46. The number of benzene rings is 2. The lowest BCUT2D eigenvalue weighted by molar-refractivity contribution is -0.152. The van der Waals surface area contributed by atoms with Gasteiger partial charge in [-0.25, -0.2) is 9.97 Å². The Morgan fingerprint density at radius 1 is 0.848 bits per heavy atom. The van der Waals surface area contributed by atoms with E-state index in [1.165, 1.54) is 0 Å². The normalized spacial score (nSPS) is 15.9. The first-order valence-electron chi connectivity index (χ1n) is 11.4. The second-order valence-corrected chi connectivity index (χ2v) is 8.40. The third-order valence-electron chi connectivity index (χ3n) is 6.38. The number of nitrogens with zero attached hydrogens (tertiary/aromatic N) is 4. The van der Waals surface area contributed by atoms with Gasteiger partial charge in [0.25, 0.3) is 5.91 Å². The van der Waals surface area contributed by atoms with Crippen LogP contribution >= 0.6 is 0 Å². The van der Waals surface area contributed by atoms with Crippen molar-refractivity contribution in [1.29, 1.82) is 0 Å². The van der Waals surface area contributed by atoms with Crippen LogP contribution in [-0.4, -0.2) is 41.5 Å². The lowest BCUT2D eigenvalue weighted by atomic mass is 9.97. The molecule has 7 nitrogen and oxygen atoms in total. The highest BCUT2D eigenvalue weighted by Crippen LogP contribution is 2.36. The minimum absolute atomic E-state index is 0.221. The molecule has 0 N–H and O–H groups in total. The van der Waals surface area contributed by atoms with Gasteiger partial charge in [0, 0.05) is 25.5 Å². The molecule has 0 aliphatic carbocycles. The van der Waals surface area contributed by atoms with E-state index < -0.39 is 0 Å². The number of esters is 1. The molecule has 3 heterocycles. The maximum atomic E-state index is 13.3. The number of aromatic nitrogens is 2. The smallest absolute Gasteiger partial charge is 0.309 e. The van der Waals surface area contributed by atoms with Gasteiger partial charge in [-0.3, -0.25) is 14.5 Å². The van der Waals surface area contributed by atoms with Crippen molar-refractivity contribution in [2.24, 2.45) is 5.92 Å². The van der Waals surface area contributed by atoms with Crippen molar-refractivity contribution in [2.75, 3.05) is 29.5 Å². The zero-order valence-electron chi connectivity index (χ0n) is 18.4. The van der Waals surface area contributed by atoms with Gasteiger partial charge in [0.05, 0.1) is 17.3 Å². The van der Waals surface area contributed by atoms with Crippen molar-refractivity contribution in [1.82, 2.24) is 9.97 Å². The molecule has 0 saturated carbocycles. The second kappa shape index (κ2) is 9.40. The number of piperidine rings is 1. The first-order valence-corrected chi connectivity index (χ1v) is 11.4. The number of aryl methyl sites for hydroxylation is 2. The van der Waals surface area contributed by atoms with Crippen LogP contribution in [0.15, 0.2) is 67.0 Å². The first kappa shape index (κ1) is 21.1. The molecule has 2 aromatic carbocycles. The van der Waals surface area contributed by atoms with Gasteiger partial charge < -0.3 is 9.64 Å². The van der Waals surface area contributed by atoms with Crippen molar-refractivity contribution < 1.29 is 14.3 Å². The zero-order valence-corrected chi connectivity index (χ0v) is 18.4. The minimum atomic E-state index is -0.312. The number of rotatable bonds is 4. The molecule has 2 aliphatic heterocycles. The van der Waals surface area contributed by atoms with Crippen molar-refractivity contribution in [3.8, 4) is 0 Å². The fourth-order valence-electron chi connectivity index (χ4n) is 4.63. The molecule has 2 aliphatic rings. The summed E-state index contributed by atoms with van der Waals surface area (Å²) in [6.45, 7) is 1.10. The summed E-state index contributed by atoms with van der Waals surface area (Å²) in [6, 6.07) is 17.7. The predicted octanol–water partition coefficient (Wildman–Crippen LogP) is 3.70.